The Kier molecular flexibility index (Phi) is 7.82. The van der Waals surface area contributed by atoms with Crippen molar-refractivity contribution >= 4 is 28.8 Å². The van der Waals surface area contributed by atoms with E-state index < -0.39 is 17.9 Å². The van der Waals surface area contributed by atoms with Crippen molar-refractivity contribution in [1.29, 1.82) is 0 Å². The van der Waals surface area contributed by atoms with E-state index >= 15 is 0 Å². The van der Waals surface area contributed by atoms with Crippen molar-refractivity contribution in [2.45, 2.75) is 46.1 Å². The van der Waals surface area contributed by atoms with Crippen LogP contribution in [0.4, 0.5) is 0 Å². The molecule has 0 aliphatic carbocycles. The van der Waals surface area contributed by atoms with Crippen LogP contribution in [-0.2, 0) is 17.8 Å². The third kappa shape index (κ3) is 5.77. The first-order chi connectivity index (χ1) is 17.8. The van der Waals surface area contributed by atoms with E-state index in [1.807, 2.05) is 36.4 Å². The first-order valence-electron chi connectivity index (χ1n) is 12.4. The standard InChI is InChI=1S/C30H30N2O5/c1-3-4-9-27-31-25-17-22(29(35)19(2)16-28(33)34)14-15-26(25)32(27)18-20-10-12-21(13-11-20)23-7-5-6-8-24(23)30(36)37/h5-8,10-15,17,19H,3-4,9,16,18H2,1-2H3,(H,33,34)(H,36,37). The summed E-state index contributed by atoms with van der Waals surface area (Å²) in [5.41, 5.74) is 4.91. The number of carboxylic acid groups (broad SMARTS) is 2. The van der Waals surface area contributed by atoms with Crippen molar-refractivity contribution in [3.8, 4) is 11.1 Å². The molecular weight excluding hydrogens is 468 g/mol. The summed E-state index contributed by atoms with van der Waals surface area (Å²) in [4.78, 5) is 40.2. The van der Waals surface area contributed by atoms with E-state index in [2.05, 4.69) is 11.5 Å². The molecule has 4 aromatic rings. The van der Waals surface area contributed by atoms with Gasteiger partial charge in [-0.15, -0.1) is 0 Å². The molecule has 1 heterocycles. The molecule has 1 unspecified atom stereocenters. The van der Waals surface area contributed by atoms with Crippen LogP contribution in [0.2, 0.25) is 0 Å². The number of aliphatic carboxylic acids is 1. The second-order valence-corrected chi connectivity index (χ2v) is 9.33. The Balaban J connectivity index is 1.65. The number of imidazole rings is 1. The Morgan fingerprint density at radius 2 is 1.70 bits per heavy atom. The van der Waals surface area contributed by atoms with Gasteiger partial charge in [0.1, 0.15) is 5.82 Å². The number of Topliss-reactive ketones (excluding diaryl/α,β-unsaturated/α-hetero) is 1. The fourth-order valence-electron chi connectivity index (χ4n) is 4.57. The van der Waals surface area contributed by atoms with Gasteiger partial charge in [-0.05, 0) is 47.4 Å². The average Bonchev–Trinajstić information content (AvgIpc) is 3.23. The zero-order valence-corrected chi connectivity index (χ0v) is 21.0. The molecule has 0 aliphatic heterocycles. The number of aromatic nitrogens is 2. The average molecular weight is 499 g/mol. The lowest BCUT2D eigenvalue weighted by Crippen LogP contribution is -2.15. The van der Waals surface area contributed by atoms with Crippen LogP contribution in [0.3, 0.4) is 0 Å². The SMILES string of the molecule is CCCCc1nc2cc(C(=O)C(C)CC(=O)O)ccc2n1Cc1ccc(-c2ccccc2C(=O)O)cc1. The monoisotopic (exact) mass is 498 g/mol. The maximum absolute atomic E-state index is 12.8. The molecule has 1 aromatic heterocycles. The number of hydrogen-bond acceptors (Lipinski definition) is 4. The van der Waals surface area contributed by atoms with Crippen LogP contribution < -0.4 is 0 Å². The fourth-order valence-corrected chi connectivity index (χ4v) is 4.57. The highest BCUT2D eigenvalue weighted by Crippen LogP contribution is 2.26. The third-order valence-corrected chi connectivity index (χ3v) is 6.56. The number of benzene rings is 3. The zero-order valence-electron chi connectivity index (χ0n) is 21.0. The summed E-state index contributed by atoms with van der Waals surface area (Å²) in [6.45, 7) is 4.34. The van der Waals surface area contributed by atoms with Gasteiger partial charge in [-0.3, -0.25) is 9.59 Å². The molecule has 0 fully saturated rings. The summed E-state index contributed by atoms with van der Waals surface area (Å²) >= 11 is 0. The first kappa shape index (κ1) is 25.8. The molecule has 7 nitrogen and oxygen atoms in total. The van der Waals surface area contributed by atoms with Crippen LogP contribution in [0.1, 0.15) is 65.2 Å². The van der Waals surface area contributed by atoms with Crippen LogP contribution in [0.15, 0.2) is 66.7 Å². The minimum atomic E-state index is -0.995. The van der Waals surface area contributed by atoms with Gasteiger partial charge in [-0.1, -0.05) is 62.7 Å². The Hall–Kier alpha value is -4.26. The summed E-state index contributed by atoms with van der Waals surface area (Å²) in [5, 5.41) is 18.6. The van der Waals surface area contributed by atoms with Crippen LogP contribution in [0.25, 0.3) is 22.2 Å². The number of carbonyl (C=O) groups excluding carboxylic acids is 1. The lowest BCUT2D eigenvalue weighted by Gasteiger charge is -2.12. The molecule has 0 radical (unpaired) electrons. The molecular formula is C30H30N2O5. The molecule has 0 bridgehead atoms. The van der Waals surface area contributed by atoms with Gasteiger partial charge in [0, 0.05) is 24.4 Å². The highest BCUT2D eigenvalue weighted by Gasteiger charge is 2.20. The smallest absolute Gasteiger partial charge is 0.336 e. The molecule has 4 rings (SSSR count). The molecule has 0 spiro atoms. The lowest BCUT2D eigenvalue weighted by molar-refractivity contribution is -0.137. The predicted octanol–water partition coefficient (Wildman–Crippen LogP) is 6.09. The van der Waals surface area contributed by atoms with Gasteiger partial charge < -0.3 is 14.8 Å². The Morgan fingerprint density at radius 1 is 0.973 bits per heavy atom. The number of aryl methyl sites for hydroxylation is 1. The van der Waals surface area contributed by atoms with E-state index in [9.17, 15) is 19.5 Å². The van der Waals surface area contributed by atoms with Crippen molar-refractivity contribution in [2.24, 2.45) is 5.92 Å². The largest absolute Gasteiger partial charge is 0.481 e. The lowest BCUT2D eigenvalue weighted by atomic mass is 9.96. The third-order valence-electron chi connectivity index (χ3n) is 6.56. The van der Waals surface area contributed by atoms with Gasteiger partial charge in [-0.2, -0.15) is 0 Å². The summed E-state index contributed by atoms with van der Waals surface area (Å²) in [7, 11) is 0. The summed E-state index contributed by atoms with van der Waals surface area (Å²) < 4.78 is 2.15. The molecule has 3 aromatic carbocycles. The van der Waals surface area contributed by atoms with Crippen molar-refractivity contribution < 1.29 is 24.6 Å². The predicted molar refractivity (Wildman–Crippen MR) is 142 cm³/mol. The van der Waals surface area contributed by atoms with Gasteiger partial charge in [0.15, 0.2) is 5.78 Å². The van der Waals surface area contributed by atoms with E-state index in [4.69, 9.17) is 10.1 Å². The van der Waals surface area contributed by atoms with Gasteiger partial charge >= 0.3 is 11.9 Å². The number of ketones is 1. The Labute approximate surface area is 215 Å². The number of hydrogen-bond donors (Lipinski definition) is 2. The number of unbranched alkanes of at least 4 members (excludes halogenated alkanes) is 1. The van der Waals surface area contributed by atoms with E-state index in [1.54, 1.807) is 37.3 Å². The Morgan fingerprint density at radius 3 is 2.38 bits per heavy atom. The molecule has 0 aliphatic rings. The van der Waals surface area contributed by atoms with E-state index in [-0.39, 0.29) is 17.8 Å². The van der Waals surface area contributed by atoms with Gasteiger partial charge in [-0.25, -0.2) is 9.78 Å². The van der Waals surface area contributed by atoms with Crippen molar-refractivity contribution in [3.05, 3.63) is 89.2 Å². The quantitative estimate of drug-likeness (QED) is 0.242. The molecule has 0 amide bonds. The summed E-state index contributed by atoms with van der Waals surface area (Å²) in [5.74, 6) is -1.83. The van der Waals surface area contributed by atoms with Gasteiger partial charge in [0.2, 0.25) is 0 Å². The van der Waals surface area contributed by atoms with Gasteiger partial charge in [0.25, 0.3) is 0 Å². The summed E-state index contributed by atoms with van der Waals surface area (Å²) in [6.07, 6.45) is 2.60. The number of carboxylic acids is 2. The second kappa shape index (κ2) is 11.2. The van der Waals surface area contributed by atoms with Crippen LogP contribution >= 0.6 is 0 Å². The van der Waals surface area contributed by atoms with E-state index in [1.165, 1.54) is 0 Å². The zero-order chi connectivity index (χ0) is 26.5. The molecule has 0 saturated heterocycles. The van der Waals surface area contributed by atoms with Crippen molar-refractivity contribution in [3.63, 3.8) is 0 Å². The first-order valence-corrected chi connectivity index (χ1v) is 12.4. The van der Waals surface area contributed by atoms with Gasteiger partial charge in [0.05, 0.1) is 23.0 Å². The maximum Gasteiger partial charge on any atom is 0.336 e. The summed E-state index contributed by atoms with van der Waals surface area (Å²) in [6, 6.07) is 20.2. The highest BCUT2D eigenvalue weighted by atomic mass is 16.4. The number of nitrogens with zero attached hydrogens (tertiary/aromatic N) is 2. The topological polar surface area (TPSA) is 109 Å². The minimum Gasteiger partial charge on any atom is -0.481 e. The minimum absolute atomic E-state index is 0.203. The number of rotatable bonds is 11. The highest BCUT2D eigenvalue weighted by molar-refractivity contribution is 6.01. The number of carbonyl (C=O) groups is 3. The maximum atomic E-state index is 12.8. The van der Waals surface area contributed by atoms with Crippen LogP contribution in [0.5, 0.6) is 0 Å². The van der Waals surface area contributed by atoms with Crippen molar-refractivity contribution in [2.75, 3.05) is 0 Å². The molecule has 0 saturated carbocycles. The Bertz CT molecular complexity index is 1450. The molecule has 2 N–H and O–H groups in total. The normalized spacial score (nSPS) is 11.9. The van der Waals surface area contributed by atoms with Crippen molar-refractivity contribution in [1.82, 2.24) is 9.55 Å². The molecule has 190 valence electrons. The number of fused-ring (bicyclic) bond motifs is 1. The van der Waals surface area contributed by atoms with Crippen LogP contribution in [0, 0.1) is 5.92 Å². The van der Waals surface area contributed by atoms with E-state index in [0.717, 1.165) is 41.7 Å². The molecule has 1 atom stereocenters. The number of aromatic carboxylic acids is 1. The molecule has 7 heteroatoms. The van der Waals surface area contributed by atoms with E-state index in [0.29, 0.717) is 23.2 Å². The second-order valence-electron chi connectivity index (χ2n) is 9.33. The van der Waals surface area contributed by atoms with Crippen LogP contribution in [-0.4, -0.2) is 37.5 Å². The molecule has 37 heavy (non-hydrogen) atoms. The fraction of sp³-hybridized carbons (Fsp3) is 0.267.